The molecule has 0 atom stereocenters. The highest BCUT2D eigenvalue weighted by atomic mass is 16.4. The average Bonchev–Trinajstić information content (AvgIpc) is 2.25. The predicted molar refractivity (Wildman–Crippen MR) is 81.6 cm³/mol. The Balaban J connectivity index is 3.07. The molecular weight excluding hydrogens is 268 g/mol. The molecule has 0 aromatic heterocycles. The van der Waals surface area contributed by atoms with Crippen LogP contribution in [-0.4, -0.2) is 22.2 Å². The lowest BCUT2D eigenvalue weighted by Crippen LogP contribution is -2.25. The van der Waals surface area contributed by atoms with Crippen LogP contribution in [-0.2, 0) is 15.0 Å². The second-order valence-electron chi connectivity index (χ2n) is 7.35. The molecule has 0 unspecified atom stereocenters. The van der Waals surface area contributed by atoms with E-state index in [0.717, 1.165) is 12.0 Å². The summed E-state index contributed by atoms with van der Waals surface area (Å²) in [6.45, 7) is 10.8. The van der Waals surface area contributed by atoms with Gasteiger partial charge in [0.25, 0.3) is 0 Å². The summed E-state index contributed by atoms with van der Waals surface area (Å²) in [6, 6.07) is 6.87. The Morgan fingerprint density at radius 1 is 0.952 bits per heavy atom. The third kappa shape index (κ3) is 4.59. The Kier molecular flexibility index (Phi) is 4.82. The van der Waals surface area contributed by atoms with E-state index >= 15 is 0 Å². The number of hydrogen-bond acceptors (Lipinski definition) is 2. The smallest absolute Gasteiger partial charge is 0.322 e. The standard InChI is InChI=1S/C17H24O4/c1-16(2,3)10-17(4,5)12-8-6-11(7-9-12)13(14(18)19)15(20)21/h6-9,13H,10H2,1-5H3,(H,18,19)(H,20,21). The number of aliphatic carboxylic acids is 2. The number of carbonyl (C=O) groups is 2. The SMILES string of the molecule is CC(C)(C)CC(C)(C)c1ccc(C(C(=O)O)C(=O)O)cc1. The van der Waals surface area contributed by atoms with Crippen molar-refractivity contribution in [3.8, 4) is 0 Å². The molecular formula is C17H24O4. The number of carboxylic acids is 2. The molecule has 4 heteroatoms. The van der Waals surface area contributed by atoms with Gasteiger partial charge in [-0.05, 0) is 28.4 Å². The van der Waals surface area contributed by atoms with Crippen LogP contribution in [0.5, 0.6) is 0 Å². The molecule has 0 aliphatic heterocycles. The molecule has 0 spiro atoms. The summed E-state index contributed by atoms with van der Waals surface area (Å²) in [6.07, 6.45) is 0.973. The van der Waals surface area contributed by atoms with Crippen LogP contribution in [0, 0.1) is 5.41 Å². The molecule has 1 rings (SSSR count). The fourth-order valence-electron chi connectivity index (χ4n) is 2.95. The lowest BCUT2D eigenvalue weighted by atomic mass is 9.72. The summed E-state index contributed by atoms with van der Waals surface area (Å²) in [5.74, 6) is -4.20. The number of benzene rings is 1. The molecule has 1 aromatic rings. The van der Waals surface area contributed by atoms with E-state index in [1.165, 1.54) is 0 Å². The lowest BCUT2D eigenvalue weighted by Gasteiger charge is -2.33. The van der Waals surface area contributed by atoms with Gasteiger partial charge in [0.05, 0.1) is 0 Å². The zero-order chi connectivity index (χ0) is 16.4. The van der Waals surface area contributed by atoms with Gasteiger partial charge in [-0.3, -0.25) is 9.59 Å². The highest BCUT2D eigenvalue weighted by molar-refractivity contribution is 5.98. The fourth-order valence-corrected chi connectivity index (χ4v) is 2.95. The van der Waals surface area contributed by atoms with E-state index in [1.54, 1.807) is 12.1 Å². The Hall–Kier alpha value is -1.84. The monoisotopic (exact) mass is 292 g/mol. The highest BCUT2D eigenvalue weighted by Crippen LogP contribution is 2.36. The van der Waals surface area contributed by atoms with Crippen molar-refractivity contribution >= 4 is 11.9 Å². The molecule has 0 saturated heterocycles. The highest BCUT2D eigenvalue weighted by Gasteiger charge is 2.30. The van der Waals surface area contributed by atoms with Gasteiger partial charge in [0.1, 0.15) is 0 Å². The molecule has 116 valence electrons. The quantitative estimate of drug-likeness (QED) is 0.812. The van der Waals surface area contributed by atoms with E-state index in [4.69, 9.17) is 10.2 Å². The van der Waals surface area contributed by atoms with E-state index in [9.17, 15) is 9.59 Å². The molecule has 0 fully saturated rings. The van der Waals surface area contributed by atoms with Crippen LogP contribution in [0.1, 0.15) is 58.1 Å². The van der Waals surface area contributed by atoms with Gasteiger partial charge < -0.3 is 10.2 Å². The van der Waals surface area contributed by atoms with Crippen LogP contribution in [0.4, 0.5) is 0 Å². The molecule has 0 amide bonds. The van der Waals surface area contributed by atoms with Crippen molar-refractivity contribution in [2.45, 2.75) is 52.4 Å². The van der Waals surface area contributed by atoms with Gasteiger partial charge in [0.15, 0.2) is 5.92 Å². The maximum atomic E-state index is 11.0. The van der Waals surface area contributed by atoms with E-state index in [-0.39, 0.29) is 10.8 Å². The Morgan fingerprint density at radius 2 is 1.38 bits per heavy atom. The second-order valence-corrected chi connectivity index (χ2v) is 7.35. The minimum Gasteiger partial charge on any atom is -0.480 e. The molecule has 0 aliphatic rings. The van der Waals surface area contributed by atoms with E-state index < -0.39 is 17.9 Å². The van der Waals surface area contributed by atoms with Crippen LogP contribution in [0.25, 0.3) is 0 Å². The van der Waals surface area contributed by atoms with Gasteiger partial charge in [0.2, 0.25) is 0 Å². The second kappa shape index (κ2) is 5.88. The first-order valence-electron chi connectivity index (χ1n) is 7.00. The van der Waals surface area contributed by atoms with Crippen molar-refractivity contribution in [3.63, 3.8) is 0 Å². The molecule has 2 N–H and O–H groups in total. The van der Waals surface area contributed by atoms with Crippen LogP contribution >= 0.6 is 0 Å². The summed E-state index contributed by atoms with van der Waals surface area (Å²) in [5.41, 5.74) is 1.49. The summed E-state index contributed by atoms with van der Waals surface area (Å²) in [7, 11) is 0. The van der Waals surface area contributed by atoms with Gasteiger partial charge in [0, 0.05) is 0 Å². The first-order chi connectivity index (χ1) is 9.44. The number of rotatable bonds is 5. The van der Waals surface area contributed by atoms with Crippen molar-refractivity contribution in [3.05, 3.63) is 35.4 Å². The van der Waals surface area contributed by atoms with Crippen LogP contribution in [0.3, 0.4) is 0 Å². The van der Waals surface area contributed by atoms with Gasteiger partial charge in [-0.15, -0.1) is 0 Å². The minimum absolute atomic E-state index is 0.0568. The zero-order valence-electron chi connectivity index (χ0n) is 13.3. The summed E-state index contributed by atoms with van der Waals surface area (Å²) >= 11 is 0. The molecule has 21 heavy (non-hydrogen) atoms. The van der Waals surface area contributed by atoms with Crippen LogP contribution < -0.4 is 0 Å². The molecule has 0 bridgehead atoms. The maximum Gasteiger partial charge on any atom is 0.322 e. The minimum atomic E-state index is -1.51. The van der Waals surface area contributed by atoms with Gasteiger partial charge >= 0.3 is 11.9 Å². The number of hydrogen-bond donors (Lipinski definition) is 2. The van der Waals surface area contributed by atoms with Crippen molar-refractivity contribution in [1.82, 2.24) is 0 Å². The van der Waals surface area contributed by atoms with Crippen molar-refractivity contribution in [1.29, 1.82) is 0 Å². The summed E-state index contributed by atoms with van der Waals surface area (Å²) in [5, 5.41) is 18.0. The maximum absolute atomic E-state index is 11.0. The Bertz CT molecular complexity index is 507. The molecule has 0 saturated carbocycles. The first-order valence-corrected chi connectivity index (χ1v) is 7.00. The van der Waals surface area contributed by atoms with Crippen LogP contribution in [0.15, 0.2) is 24.3 Å². The predicted octanol–water partition coefficient (Wildman–Crippen LogP) is 3.65. The Morgan fingerprint density at radius 3 is 1.71 bits per heavy atom. The van der Waals surface area contributed by atoms with E-state index in [0.29, 0.717) is 5.56 Å². The van der Waals surface area contributed by atoms with Crippen molar-refractivity contribution in [2.24, 2.45) is 5.41 Å². The number of carboxylic acid groups (broad SMARTS) is 2. The van der Waals surface area contributed by atoms with Crippen LogP contribution in [0.2, 0.25) is 0 Å². The largest absolute Gasteiger partial charge is 0.480 e. The third-order valence-corrected chi connectivity index (χ3v) is 3.49. The summed E-state index contributed by atoms with van der Waals surface area (Å²) < 4.78 is 0. The normalized spacial score (nSPS) is 12.5. The topological polar surface area (TPSA) is 74.6 Å². The molecule has 0 radical (unpaired) electrons. The third-order valence-electron chi connectivity index (χ3n) is 3.49. The van der Waals surface area contributed by atoms with Gasteiger partial charge in [-0.1, -0.05) is 58.9 Å². The summed E-state index contributed by atoms with van der Waals surface area (Å²) in [4.78, 5) is 22.1. The van der Waals surface area contributed by atoms with Gasteiger partial charge in [-0.25, -0.2) is 0 Å². The van der Waals surface area contributed by atoms with Gasteiger partial charge in [-0.2, -0.15) is 0 Å². The molecule has 0 heterocycles. The van der Waals surface area contributed by atoms with E-state index in [2.05, 4.69) is 34.6 Å². The molecule has 0 aliphatic carbocycles. The lowest BCUT2D eigenvalue weighted by molar-refractivity contribution is -0.150. The zero-order valence-corrected chi connectivity index (χ0v) is 13.3. The van der Waals surface area contributed by atoms with E-state index in [1.807, 2.05) is 12.1 Å². The van der Waals surface area contributed by atoms with Crippen molar-refractivity contribution in [2.75, 3.05) is 0 Å². The average molecular weight is 292 g/mol. The van der Waals surface area contributed by atoms with Crippen molar-refractivity contribution < 1.29 is 19.8 Å². The molecule has 4 nitrogen and oxygen atoms in total. The molecule has 1 aromatic carbocycles. The fraction of sp³-hybridized carbons (Fsp3) is 0.529. The first kappa shape index (κ1) is 17.2. The Labute approximate surface area is 125 Å².